The highest BCUT2D eigenvalue weighted by molar-refractivity contribution is 6.06. The van der Waals surface area contributed by atoms with Crippen molar-refractivity contribution < 1.29 is 9.15 Å². The number of hydrogen-bond donors (Lipinski definition) is 0. The van der Waals surface area contributed by atoms with Crippen molar-refractivity contribution in [3.8, 4) is 61.9 Å². The molecule has 0 N–H and O–H groups in total. The molecule has 0 radical (unpaired) electrons. The van der Waals surface area contributed by atoms with E-state index in [1.807, 2.05) is 48.6 Å². The minimum atomic E-state index is -0.564. The largest absolute Gasteiger partial charge is 0.457 e. The van der Waals surface area contributed by atoms with E-state index in [1.165, 1.54) is 22.3 Å². The van der Waals surface area contributed by atoms with Gasteiger partial charge in [0.2, 0.25) is 0 Å². The molecule has 0 saturated carbocycles. The summed E-state index contributed by atoms with van der Waals surface area (Å²) < 4.78 is 13.2. The SMILES string of the molecule is C=C/C=C1/Oc2cc(-c3ccccc3-c3nc(-c4ccccc4)cc(-c4ccc5c(c4)oc4ccccc45)n3)ccc2C2(/C1=C/C)c1ccccc1-c1ccccc12. The smallest absolute Gasteiger partial charge is 0.161 e. The van der Waals surface area contributed by atoms with Crippen LogP contribution in [-0.2, 0) is 5.41 Å². The molecule has 7 aromatic carbocycles. The van der Waals surface area contributed by atoms with Gasteiger partial charge in [0, 0.05) is 38.6 Å². The van der Waals surface area contributed by atoms with Crippen LogP contribution in [0.15, 0.2) is 210 Å². The maximum absolute atomic E-state index is 6.89. The average molecular weight is 745 g/mol. The summed E-state index contributed by atoms with van der Waals surface area (Å²) in [4.78, 5) is 10.5. The Morgan fingerprint density at radius 3 is 1.88 bits per heavy atom. The van der Waals surface area contributed by atoms with Gasteiger partial charge in [0.25, 0.3) is 0 Å². The molecule has 1 spiro atoms. The van der Waals surface area contributed by atoms with Gasteiger partial charge in [0.05, 0.1) is 16.8 Å². The number of ether oxygens (including phenoxy) is 1. The first-order valence-corrected chi connectivity index (χ1v) is 19.6. The Kier molecular flexibility index (Phi) is 7.73. The summed E-state index contributed by atoms with van der Waals surface area (Å²) in [6, 6.07) is 59.4. The Bertz CT molecular complexity index is 3140. The summed E-state index contributed by atoms with van der Waals surface area (Å²) in [5.74, 6) is 2.22. The Morgan fingerprint density at radius 1 is 0.517 bits per heavy atom. The topological polar surface area (TPSA) is 48.2 Å². The van der Waals surface area contributed by atoms with Gasteiger partial charge < -0.3 is 9.15 Å². The summed E-state index contributed by atoms with van der Waals surface area (Å²) in [5.41, 5.74) is 14.9. The second-order valence-corrected chi connectivity index (χ2v) is 14.8. The van der Waals surface area contributed by atoms with Crippen molar-refractivity contribution in [3.05, 3.63) is 223 Å². The van der Waals surface area contributed by atoms with Gasteiger partial charge in [-0.3, -0.25) is 0 Å². The van der Waals surface area contributed by atoms with Crippen LogP contribution in [0.4, 0.5) is 0 Å². The highest BCUT2D eigenvalue weighted by Gasteiger charge is 2.52. The average Bonchev–Trinajstić information content (AvgIpc) is 3.80. The molecule has 4 nitrogen and oxygen atoms in total. The van der Waals surface area contributed by atoms with E-state index in [-0.39, 0.29) is 0 Å². The molecule has 0 atom stereocenters. The Labute approximate surface area is 336 Å². The zero-order valence-corrected chi connectivity index (χ0v) is 31.8. The fourth-order valence-corrected chi connectivity index (χ4v) is 9.28. The van der Waals surface area contributed by atoms with E-state index in [9.17, 15) is 0 Å². The molecule has 2 aliphatic rings. The van der Waals surface area contributed by atoms with Gasteiger partial charge in [0.15, 0.2) is 5.82 Å². The normalized spacial score (nSPS) is 15.1. The van der Waals surface area contributed by atoms with Gasteiger partial charge in [0.1, 0.15) is 22.7 Å². The number of allylic oxidation sites excluding steroid dienone is 4. The number of aromatic nitrogens is 2. The van der Waals surface area contributed by atoms with Crippen LogP contribution in [0, 0.1) is 0 Å². The molecule has 58 heavy (non-hydrogen) atoms. The Hall–Kier alpha value is -7.56. The minimum Gasteiger partial charge on any atom is -0.457 e. The lowest BCUT2D eigenvalue weighted by molar-refractivity contribution is 0.390. The number of rotatable bonds is 5. The van der Waals surface area contributed by atoms with Crippen LogP contribution in [0.25, 0.3) is 78.1 Å². The molecule has 0 amide bonds. The van der Waals surface area contributed by atoms with Crippen molar-refractivity contribution in [2.75, 3.05) is 0 Å². The van der Waals surface area contributed by atoms with E-state index in [0.29, 0.717) is 5.82 Å². The van der Waals surface area contributed by atoms with E-state index in [4.69, 9.17) is 19.1 Å². The maximum Gasteiger partial charge on any atom is 0.161 e. The molecule has 0 unspecified atom stereocenters. The second kappa shape index (κ2) is 13.3. The van der Waals surface area contributed by atoms with Gasteiger partial charge >= 0.3 is 0 Å². The van der Waals surface area contributed by atoms with E-state index in [0.717, 1.165) is 83.8 Å². The fourth-order valence-electron chi connectivity index (χ4n) is 9.28. The maximum atomic E-state index is 6.89. The lowest BCUT2D eigenvalue weighted by atomic mass is 9.65. The third-order valence-electron chi connectivity index (χ3n) is 11.7. The first kappa shape index (κ1) is 33.8. The number of furan rings is 1. The second-order valence-electron chi connectivity index (χ2n) is 14.8. The minimum absolute atomic E-state index is 0.564. The van der Waals surface area contributed by atoms with Gasteiger partial charge in [-0.25, -0.2) is 9.97 Å². The molecular weight excluding hydrogens is 709 g/mol. The van der Waals surface area contributed by atoms with Crippen molar-refractivity contribution >= 4 is 21.9 Å². The van der Waals surface area contributed by atoms with Crippen molar-refractivity contribution in [1.82, 2.24) is 9.97 Å². The predicted octanol–water partition coefficient (Wildman–Crippen LogP) is 13.8. The van der Waals surface area contributed by atoms with E-state index < -0.39 is 5.41 Å². The van der Waals surface area contributed by atoms with Gasteiger partial charge in [-0.1, -0.05) is 158 Å². The molecular formula is C54H36N2O2. The van der Waals surface area contributed by atoms with Crippen LogP contribution < -0.4 is 4.74 Å². The highest BCUT2D eigenvalue weighted by atomic mass is 16.5. The van der Waals surface area contributed by atoms with Gasteiger partial charge in [-0.05, 0) is 76.7 Å². The third kappa shape index (κ3) is 5.01. The van der Waals surface area contributed by atoms with E-state index in [1.54, 1.807) is 0 Å². The number of hydrogen-bond acceptors (Lipinski definition) is 4. The van der Waals surface area contributed by atoms with Crippen molar-refractivity contribution in [1.29, 1.82) is 0 Å². The van der Waals surface area contributed by atoms with Crippen LogP contribution in [0.3, 0.4) is 0 Å². The summed E-state index contributed by atoms with van der Waals surface area (Å²) in [5, 5.41) is 2.18. The number of benzene rings is 7. The summed E-state index contributed by atoms with van der Waals surface area (Å²) in [7, 11) is 0. The number of fused-ring (bicyclic) bond motifs is 10. The predicted molar refractivity (Wildman–Crippen MR) is 235 cm³/mol. The molecule has 9 aromatic rings. The summed E-state index contributed by atoms with van der Waals surface area (Å²) in [6.45, 7) is 6.17. The molecule has 3 heterocycles. The lowest BCUT2D eigenvalue weighted by Crippen LogP contribution is -2.35. The van der Waals surface area contributed by atoms with Crippen LogP contribution in [-0.4, -0.2) is 9.97 Å². The lowest BCUT2D eigenvalue weighted by Gasteiger charge is -2.41. The van der Waals surface area contributed by atoms with Gasteiger partial charge in [-0.2, -0.15) is 0 Å². The molecule has 0 fully saturated rings. The Morgan fingerprint density at radius 2 is 1.14 bits per heavy atom. The third-order valence-corrected chi connectivity index (χ3v) is 11.7. The molecule has 2 aromatic heterocycles. The zero-order valence-electron chi connectivity index (χ0n) is 31.8. The van der Waals surface area contributed by atoms with Crippen LogP contribution in [0.5, 0.6) is 5.75 Å². The van der Waals surface area contributed by atoms with E-state index >= 15 is 0 Å². The highest BCUT2D eigenvalue weighted by Crippen LogP contribution is 2.61. The molecule has 1 aliphatic carbocycles. The van der Waals surface area contributed by atoms with Crippen LogP contribution in [0.2, 0.25) is 0 Å². The first-order valence-electron chi connectivity index (χ1n) is 19.6. The number of para-hydroxylation sites is 1. The summed E-state index contributed by atoms with van der Waals surface area (Å²) in [6.07, 6.45) is 5.99. The van der Waals surface area contributed by atoms with Crippen LogP contribution in [0.1, 0.15) is 23.6 Å². The monoisotopic (exact) mass is 744 g/mol. The zero-order chi connectivity index (χ0) is 38.8. The van der Waals surface area contributed by atoms with E-state index in [2.05, 4.69) is 153 Å². The molecule has 1 aliphatic heterocycles. The fraction of sp³-hybridized carbons (Fsp3) is 0.0370. The molecule has 4 heteroatoms. The van der Waals surface area contributed by atoms with Gasteiger partial charge in [-0.15, -0.1) is 0 Å². The number of nitrogens with zero attached hydrogens (tertiary/aromatic N) is 2. The first-order chi connectivity index (χ1) is 28.6. The van der Waals surface area contributed by atoms with Crippen LogP contribution >= 0.6 is 0 Å². The molecule has 274 valence electrons. The van der Waals surface area contributed by atoms with Crippen molar-refractivity contribution in [3.63, 3.8) is 0 Å². The standard InChI is InChI=1S/C54H36N2O2/c1-3-16-50-43(4-2)54(44-24-13-10-20-38(44)39-21-11-14-25-45(39)54)46-30-28-35(31-52(46)58-50)37-19-8-9-23-42(37)53-55-47(34-17-6-5-7-18-34)33-48(56-53)36-27-29-41-40-22-12-15-26-49(40)57-51(41)32-36/h3-33H,1H2,2H3/b43-4+,50-16+. The van der Waals surface area contributed by atoms with Crippen molar-refractivity contribution in [2.45, 2.75) is 12.3 Å². The molecule has 0 bridgehead atoms. The molecule has 0 saturated heterocycles. The summed E-state index contributed by atoms with van der Waals surface area (Å²) >= 11 is 0. The Balaban J connectivity index is 1.10. The van der Waals surface area contributed by atoms with Crippen molar-refractivity contribution in [2.24, 2.45) is 0 Å². The quantitative estimate of drug-likeness (QED) is 0.176. The molecule has 11 rings (SSSR count).